The summed E-state index contributed by atoms with van der Waals surface area (Å²) in [5.41, 5.74) is 1.91. The van der Waals surface area contributed by atoms with Crippen molar-refractivity contribution in [3.63, 3.8) is 0 Å². The number of fused-ring (bicyclic) bond motifs is 2. The summed E-state index contributed by atoms with van der Waals surface area (Å²) in [6, 6.07) is 7.75. The fourth-order valence-electron chi connectivity index (χ4n) is 1.44. The zero-order valence-corrected chi connectivity index (χ0v) is 7.36. The lowest BCUT2D eigenvalue weighted by Gasteiger charge is -2.05. The Morgan fingerprint density at radius 2 is 2.21 bits per heavy atom. The van der Waals surface area contributed by atoms with Crippen LogP contribution in [-0.4, -0.2) is 5.16 Å². The van der Waals surface area contributed by atoms with Crippen LogP contribution >= 0.6 is 0 Å². The van der Waals surface area contributed by atoms with E-state index in [4.69, 9.17) is 9.26 Å². The normalized spacial score (nSPS) is 13.1. The van der Waals surface area contributed by atoms with Crippen molar-refractivity contribution in [1.29, 1.82) is 0 Å². The summed E-state index contributed by atoms with van der Waals surface area (Å²) in [6.07, 6.45) is 1.59. The van der Waals surface area contributed by atoms with Crippen molar-refractivity contribution >= 4 is 5.69 Å². The van der Waals surface area contributed by atoms with Crippen molar-refractivity contribution in [2.24, 2.45) is 0 Å². The van der Waals surface area contributed by atoms with E-state index in [2.05, 4.69) is 10.5 Å². The Morgan fingerprint density at radius 1 is 1.29 bits per heavy atom. The quantitative estimate of drug-likeness (QED) is 0.689. The standard InChI is InChI=1S/C10H8N2O2/c1-2-4-9-8(3-1)11-5-7-6-13-12-10(7)14-9/h1-4,6,11H,5H2. The highest BCUT2D eigenvalue weighted by molar-refractivity contribution is 5.59. The van der Waals surface area contributed by atoms with Gasteiger partial charge in [0.2, 0.25) is 0 Å². The summed E-state index contributed by atoms with van der Waals surface area (Å²) < 4.78 is 10.4. The minimum absolute atomic E-state index is 0.544. The van der Waals surface area contributed by atoms with Crippen molar-refractivity contribution in [3.8, 4) is 11.6 Å². The lowest BCUT2D eigenvalue weighted by atomic mass is 10.3. The van der Waals surface area contributed by atoms with Crippen molar-refractivity contribution in [2.45, 2.75) is 6.54 Å². The maximum absolute atomic E-state index is 5.58. The average Bonchev–Trinajstić information content (AvgIpc) is 2.58. The van der Waals surface area contributed by atoms with E-state index in [1.54, 1.807) is 6.26 Å². The maximum atomic E-state index is 5.58. The molecule has 0 unspecified atom stereocenters. The Balaban J connectivity index is 2.10. The molecular formula is C10H8N2O2. The Morgan fingerprint density at radius 3 is 3.21 bits per heavy atom. The molecule has 1 aliphatic heterocycles. The van der Waals surface area contributed by atoms with Crippen molar-refractivity contribution < 1.29 is 9.26 Å². The van der Waals surface area contributed by atoms with Crippen LogP contribution in [0.25, 0.3) is 0 Å². The molecule has 3 rings (SSSR count). The molecule has 0 spiro atoms. The lowest BCUT2D eigenvalue weighted by Crippen LogP contribution is -1.95. The Hall–Kier alpha value is -1.97. The smallest absolute Gasteiger partial charge is 0.264 e. The van der Waals surface area contributed by atoms with E-state index < -0.39 is 0 Å². The molecule has 0 radical (unpaired) electrons. The topological polar surface area (TPSA) is 47.3 Å². The van der Waals surface area contributed by atoms with Crippen LogP contribution in [0.2, 0.25) is 0 Å². The van der Waals surface area contributed by atoms with Gasteiger partial charge < -0.3 is 14.6 Å². The van der Waals surface area contributed by atoms with Gasteiger partial charge in [-0.2, -0.15) is 0 Å². The summed E-state index contributed by atoms with van der Waals surface area (Å²) in [5.74, 6) is 1.32. The Kier molecular flexibility index (Phi) is 1.47. The molecule has 2 heterocycles. The Bertz CT molecular complexity index is 465. The third kappa shape index (κ3) is 1.04. The van der Waals surface area contributed by atoms with E-state index >= 15 is 0 Å². The molecule has 0 bridgehead atoms. The van der Waals surface area contributed by atoms with Gasteiger partial charge >= 0.3 is 0 Å². The highest BCUT2D eigenvalue weighted by Gasteiger charge is 2.16. The highest BCUT2D eigenvalue weighted by Crippen LogP contribution is 2.33. The van der Waals surface area contributed by atoms with Crippen LogP contribution in [0.4, 0.5) is 5.69 Å². The molecular weight excluding hydrogens is 180 g/mol. The monoisotopic (exact) mass is 188 g/mol. The Labute approximate surface area is 80.5 Å². The molecule has 4 nitrogen and oxygen atoms in total. The fourth-order valence-corrected chi connectivity index (χ4v) is 1.44. The van der Waals surface area contributed by atoms with Gasteiger partial charge in [0.15, 0.2) is 5.75 Å². The minimum atomic E-state index is 0.544. The van der Waals surface area contributed by atoms with E-state index in [0.717, 1.165) is 17.0 Å². The van der Waals surface area contributed by atoms with Crippen LogP contribution in [0.1, 0.15) is 5.56 Å². The number of hydrogen-bond acceptors (Lipinski definition) is 4. The van der Waals surface area contributed by atoms with E-state index in [1.165, 1.54) is 0 Å². The summed E-state index contributed by atoms with van der Waals surface area (Å²) in [5, 5.41) is 7.02. The number of aromatic nitrogens is 1. The number of ether oxygens (including phenoxy) is 1. The minimum Gasteiger partial charge on any atom is -0.434 e. The molecule has 14 heavy (non-hydrogen) atoms. The van der Waals surface area contributed by atoms with Gasteiger partial charge in [-0.25, -0.2) is 0 Å². The van der Waals surface area contributed by atoms with Crippen molar-refractivity contribution in [2.75, 3.05) is 5.32 Å². The lowest BCUT2D eigenvalue weighted by molar-refractivity contribution is 0.367. The van der Waals surface area contributed by atoms with Crippen LogP contribution in [0.15, 0.2) is 35.1 Å². The molecule has 0 atom stereocenters. The average molecular weight is 188 g/mol. The first-order chi connectivity index (χ1) is 6.93. The van der Waals surface area contributed by atoms with Gasteiger partial charge in [0.25, 0.3) is 5.88 Å². The molecule has 0 amide bonds. The predicted octanol–water partition coefficient (Wildman–Crippen LogP) is 2.39. The molecule has 1 aliphatic rings. The molecule has 1 aromatic carbocycles. The summed E-state index contributed by atoms with van der Waals surface area (Å²) in [7, 11) is 0. The van der Waals surface area contributed by atoms with E-state index in [9.17, 15) is 0 Å². The highest BCUT2D eigenvalue weighted by atomic mass is 16.5. The van der Waals surface area contributed by atoms with E-state index in [0.29, 0.717) is 12.4 Å². The number of nitrogens with zero attached hydrogens (tertiary/aromatic N) is 1. The second kappa shape index (κ2) is 2.77. The third-order valence-corrected chi connectivity index (χ3v) is 2.17. The van der Waals surface area contributed by atoms with Crippen LogP contribution in [-0.2, 0) is 6.54 Å². The number of para-hydroxylation sites is 2. The molecule has 2 aromatic rings. The second-order valence-electron chi connectivity index (χ2n) is 3.10. The molecule has 0 saturated heterocycles. The second-order valence-corrected chi connectivity index (χ2v) is 3.10. The van der Waals surface area contributed by atoms with Crippen LogP contribution in [0, 0.1) is 0 Å². The summed E-state index contributed by atoms with van der Waals surface area (Å²) >= 11 is 0. The number of hydrogen-bond donors (Lipinski definition) is 1. The van der Waals surface area contributed by atoms with Crippen molar-refractivity contribution in [1.82, 2.24) is 5.16 Å². The molecule has 0 aliphatic carbocycles. The molecule has 70 valence electrons. The zero-order valence-electron chi connectivity index (χ0n) is 7.36. The van der Waals surface area contributed by atoms with E-state index in [-0.39, 0.29) is 0 Å². The van der Waals surface area contributed by atoms with Crippen LogP contribution in [0.5, 0.6) is 11.6 Å². The number of nitrogens with one attached hydrogen (secondary N) is 1. The first-order valence-electron chi connectivity index (χ1n) is 4.37. The molecule has 1 N–H and O–H groups in total. The van der Waals surface area contributed by atoms with Gasteiger partial charge in [0.1, 0.15) is 6.26 Å². The van der Waals surface area contributed by atoms with Gasteiger partial charge in [-0.3, -0.25) is 0 Å². The molecule has 1 aromatic heterocycles. The maximum Gasteiger partial charge on any atom is 0.264 e. The third-order valence-electron chi connectivity index (χ3n) is 2.17. The van der Waals surface area contributed by atoms with Gasteiger partial charge in [-0.05, 0) is 17.3 Å². The zero-order chi connectivity index (χ0) is 9.38. The predicted molar refractivity (Wildman–Crippen MR) is 50.3 cm³/mol. The number of rotatable bonds is 0. The number of benzene rings is 1. The van der Waals surface area contributed by atoms with Gasteiger partial charge in [0, 0.05) is 6.54 Å². The number of anilines is 1. The van der Waals surface area contributed by atoms with Gasteiger partial charge in [0.05, 0.1) is 11.3 Å². The van der Waals surface area contributed by atoms with Gasteiger partial charge in [-0.15, -0.1) is 0 Å². The first kappa shape index (κ1) is 7.44. The van der Waals surface area contributed by atoms with E-state index in [1.807, 2.05) is 24.3 Å². The van der Waals surface area contributed by atoms with Crippen LogP contribution in [0.3, 0.4) is 0 Å². The fraction of sp³-hybridized carbons (Fsp3) is 0.100. The molecule has 0 saturated carbocycles. The SMILES string of the molecule is c1ccc2c(c1)NCc1conc1O2. The molecule has 4 heteroatoms. The summed E-state index contributed by atoms with van der Waals surface area (Å²) in [4.78, 5) is 0. The summed E-state index contributed by atoms with van der Waals surface area (Å²) in [6.45, 7) is 0.676. The molecule has 0 fully saturated rings. The van der Waals surface area contributed by atoms with Gasteiger partial charge in [-0.1, -0.05) is 12.1 Å². The largest absolute Gasteiger partial charge is 0.434 e. The van der Waals surface area contributed by atoms with Crippen LogP contribution < -0.4 is 10.1 Å². The first-order valence-corrected chi connectivity index (χ1v) is 4.37. The van der Waals surface area contributed by atoms with Crippen molar-refractivity contribution in [3.05, 3.63) is 36.1 Å².